The van der Waals surface area contributed by atoms with Gasteiger partial charge in [-0.3, -0.25) is 14.1 Å². The Hall–Kier alpha value is -3.36. The second-order valence-electron chi connectivity index (χ2n) is 8.29. The first kappa shape index (κ1) is 20.3. The summed E-state index contributed by atoms with van der Waals surface area (Å²) in [5.74, 6) is 1.33. The van der Waals surface area contributed by atoms with E-state index in [2.05, 4.69) is 33.0 Å². The van der Waals surface area contributed by atoms with Gasteiger partial charge in [0.05, 0.1) is 11.4 Å². The first-order valence-corrected chi connectivity index (χ1v) is 12.0. The number of imidazole rings is 1. The monoisotopic (exact) mass is 460 g/mol. The minimum atomic E-state index is -0.587. The fourth-order valence-corrected chi connectivity index (χ4v) is 5.23. The molecular formula is C25H24N4O3S. The zero-order chi connectivity index (χ0) is 22.2. The summed E-state index contributed by atoms with van der Waals surface area (Å²) in [6.45, 7) is 4.01. The smallest absolute Gasteiger partial charge is 0.267 e. The molecule has 2 aliphatic heterocycles. The number of thiazole rings is 1. The highest BCUT2D eigenvalue weighted by atomic mass is 32.1. The van der Waals surface area contributed by atoms with Crippen LogP contribution >= 0.6 is 11.3 Å². The van der Waals surface area contributed by atoms with Crippen LogP contribution in [0.4, 0.5) is 0 Å². The summed E-state index contributed by atoms with van der Waals surface area (Å²) in [6, 6.07) is 17.8. The van der Waals surface area contributed by atoms with Crippen molar-refractivity contribution in [1.82, 2.24) is 19.2 Å². The Balaban J connectivity index is 1.13. The van der Waals surface area contributed by atoms with Crippen LogP contribution in [0, 0.1) is 0 Å². The van der Waals surface area contributed by atoms with Gasteiger partial charge in [-0.25, -0.2) is 4.98 Å². The van der Waals surface area contributed by atoms with Gasteiger partial charge in [0.25, 0.3) is 5.91 Å². The average molecular weight is 461 g/mol. The number of ether oxygens (including phenoxy) is 2. The van der Waals surface area contributed by atoms with Gasteiger partial charge in [-0.15, -0.1) is 11.3 Å². The Morgan fingerprint density at radius 3 is 2.58 bits per heavy atom. The first-order valence-electron chi connectivity index (χ1n) is 11.2. The van der Waals surface area contributed by atoms with Gasteiger partial charge in [0, 0.05) is 49.9 Å². The van der Waals surface area contributed by atoms with Crippen molar-refractivity contribution in [2.75, 3.05) is 32.8 Å². The molecule has 1 fully saturated rings. The molecule has 8 heteroatoms. The standard InChI is InChI=1S/C25H24N4O3S/c30-24(22-17-31-20-8-4-5-9-21(20)32-22)28-12-10-27(11-13-28)16-19-23(18-6-2-1-3-7-18)26-25-29(19)14-15-33-25/h1-9,14-15,22H,10-13,16-17H2/t22-/m0/s1. The van der Waals surface area contributed by atoms with Crippen molar-refractivity contribution in [3.05, 3.63) is 71.9 Å². The zero-order valence-corrected chi connectivity index (χ0v) is 18.9. The molecule has 6 rings (SSSR count). The van der Waals surface area contributed by atoms with Gasteiger partial charge in [0.15, 0.2) is 16.5 Å². The highest BCUT2D eigenvalue weighted by Gasteiger charge is 2.33. The third-order valence-electron chi connectivity index (χ3n) is 6.25. The maximum Gasteiger partial charge on any atom is 0.267 e. The Labute approximate surface area is 195 Å². The number of carbonyl (C=O) groups excluding carboxylic acids is 1. The van der Waals surface area contributed by atoms with E-state index < -0.39 is 6.10 Å². The van der Waals surface area contributed by atoms with Gasteiger partial charge in [0.1, 0.15) is 6.61 Å². The molecule has 7 nitrogen and oxygen atoms in total. The molecule has 0 N–H and O–H groups in total. The summed E-state index contributed by atoms with van der Waals surface area (Å²) in [6.07, 6.45) is 1.50. The highest BCUT2D eigenvalue weighted by Crippen LogP contribution is 2.32. The van der Waals surface area contributed by atoms with Crippen molar-refractivity contribution in [2.45, 2.75) is 12.6 Å². The Bertz CT molecular complexity index is 1280. The Kier molecular flexibility index (Phi) is 5.24. The van der Waals surface area contributed by atoms with Crippen LogP contribution in [0.1, 0.15) is 5.69 Å². The van der Waals surface area contributed by atoms with E-state index >= 15 is 0 Å². The van der Waals surface area contributed by atoms with Crippen LogP contribution in [0.3, 0.4) is 0 Å². The normalized spacial score (nSPS) is 18.5. The van der Waals surface area contributed by atoms with E-state index in [4.69, 9.17) is 14.5 Å². The number of nitrogens with zero attached hydrogens (tertiary/aromatic N) is 4. The predicted molar refractivity (Wildman–Crippen MR) is 127 cm³/mol. The number of carbonyl (C=O) groups is 1. The van der Waals surface area contributed by atoms with Crippen molar-refractivity contribution in [2.24, 2.45) is 0 Å². The number of rotatable bonds is 4. The fourth-order valence-electron chi connectivity index (χ4n) is 4.49. The van der Waals surface area contributed by atoms with Crippen LogP contribution in [-0.2, 0) is 11.3 Å². The molecule has 0 spiro atoms. The van der Waals surface area contributed by atoms with Gasteiger partial charge < -0.3 is 14.4 Å². The van der Waals surface area contributed by atoms with E-state index in [0.717, 1.165) is 35.9 Å². The van der Waals surface area contributed by atoms with Gasteiger partial charge in [0.2, 0.25) is 6.10 Å². The number of piperazine rings is 1. The van der Waals surface area contributed by atoms with E-state index in [1.807, 2.05) is 47.4 Å². The minimum Gasteiger partial charge on any atom is -0.485 e. The molecule has 2 aromatic carbocycles. The topological polar surface area (TPSA) is 59.3 Å². The third-order valence-corrected chi connectivity index (χ3v) is 7.01. The van der Waals surface area contributed by atoms with E-state index in [1.165, 1.54) is 5.69 Å². The molecular weight excluding hydrogens is 436 g/mol. The number of fused-ring (bicyclic) bond motifs is 2. The lowest BCUT2D eigenvalue weighted by molar-refractivity contribution is -0.143. The average Bonchev–Trinajstić information content (AvgIpc) is 3.47. The number of amides is 1. The number of hydrogen-bond acceptors (Lipinski definition) is 6. The molecule has 2 aliphatic rings. The van der Waals surface area contributed by atoms with Crippen molar-refractivity contribution in [1.29, 1.82) is 0 Å². The van der Waals surface area contributed by atoms with E-state index in [1.54, 1.807) is 11.3 Å². The van der Waals surface area contributed by atoms with Crippen molar-refractivity contribution >= 4 is 22.2 Å². The van der Waals surface area contributed by atoms with Crippen LogP contribution in [0.2, 0.25) is 0 Å². The van der Waals surface area contributed by atoms with Crippen LogP contribution in [0.5, 0.6) is 11.5 Å². The van der Waals surface area contributed by atoms with E-state index in [9.17, 15) is 4.79 Å². The molecule has 1 amide bonds. The molecule has 168 valence electrons. The van der Waals surface area contributed by atoms with Crippen LogP contribution < -0.4 is 9.47 Å². The minimum absolute atomic E-state index is 0.00120. The fraction of sp³-hybridized carbons (Fsp3) is 0.280. The molecule has 1 saturated heterocycles. The number of benzene rings is 2. The lowest BCUT2D eigenvalue weighted by atomic mass is 10.1. The molecule has 0 unspecified atom stereocenters. The molecule has 0 radical (unpaired) electrons. The first-order chi connectivity index (χ1) is 16.3. The lowest BCUT2D eigenvalue weighted by Crippen LogP contribution is -2.53. The lowest BCUT2D eigenvalue weighted by Gasteiger charge is -2.37. The largest absolute Gasteiger partial charge is 0.485 e. The molecule has 0 bridgehead atoms. The summed E-state index contributed by atoms with van der Waals surface area (Å²) >= 11 is 1.65. The summed E-state index contributed by atoms with van der Waals surface area (Å²) < 4.78 is 13.8. The van der Waals surface area contributed by atoms with Crippen LogP contribution in [0.25, 0.3) is 16.2 Å². The molecule has 0 aliphatic carbocycles. The van der Waals surface area contributed by atoms with Crippen LogP contribution in [0.15, 0.2) is 66.2 Å². The zero-order valence-electron chi connectivity index (χ0n) is 18.1. The predicted octanol–water partition coefficient (Wildman–Crippen LogP) is 3.55. The van der Waals surface area contributed by atoms with Crippen molar-refractivity contribution in [3.63, 3.8) is 0 Å². The second-order valence-corrected chi connectivity index (χ2v) is 9.17. The quantitative estimate of drug-likeness (QED) is 0.466. The summed E-state index contributed by atoms with van der Waals surface area (Å²) in [7, 11) is 0. The van der Waals surface area contributed by atoms with E-state index in [-0.39, 0.29) is 12.5 Å². The summed E-state index contributed by atoms with van der Waals surface area (Å²) in [4.78, 5) is 23.2. The molecule has 4 aromatic rings. The molecule has 2 aromatic heterocycles. The Morgan fingerprint density at radius 2 is 1.76 bits per heavy atom. The molecule has 4 heterocycles. The molecule has 33 heavy (non-hydrogen) atoms. The highest BCUT2D eigenvalue weighted by molar-refractivity contribution is 7.15. The number of hydrogen-bond donors (Lipinski definition) is 0. The maximum absolute atomic E-state index is 13.1. The second kappa shape index (κ2) is 8.53. The Morgan fingerprint density at radius 1 is 1.00 bits per heavy atom. The third kappa shape index (κ3) is 3.85. The van der Waals surface area contributed by atoms with Gasteiger partial charge in [-0.05, 0) is 12.1 Å². The number of para-hydroxylation sites is 2. The van der Waals surface area contributed by atoms with E-state index in [0.29, 0.717) is 24.6 Å². The van der Waals surface area contributed by atoms with Crippen LogP contribution in [-0.4, -0.2) is 64.0 Å². The molecule has 1 atom stereocenters. The summed E-state index contributed by atoms with van der Waals surface area (Å²) in [5.41, 5.74) is 3.36. The van der Waals surface area contributed by atoms with Gasteiger partial charge in [-0.1, -0.05) is 42.5 Å². The van der Waals surface area contributed by atoms with Gasteiger partial charge in [-0.2, -0.15) is 0 Å². The number of aromatic nitrogens is 2. The van der Waals surface area contributed by atoms with Crippen molar-refractivity contribution < 1.29 is 14.3 Å². The summed E-state index contributed by atoms with van der Waals surface area (Å²) in [5, 5.41) is 2.07. The van der Waals surface area contributed by atoms with Crippen molar-refractivity contribution in [3.8, 4) is 22.8 Å². The maximum atomic E-state index is 13.1. The van der Waals surface area contributed by atoms with Gasteiger partial charge >= 0.3 is 0 Å². The SMILES string of the molecule is O=C([C@@H]1COc2ccccc2O1)N1CCN(Cc2c(-c3ccccc3)nc3sccn23)CC1. The molecule has 0 saturated carbocycles.